The number of rotatable bonds is 8. The third kappa shape index (κ3) is 3.66. The molecule has 3 rings (SSSR count). The lowest BCUT2D eigenvalue weighted by Gasteiger charge is -2.43. The fraction of sp³-hybridized carbons (Fsp3) is 1.00. The molecule has 22 heavy (non-hydrogen) atoms. The molecule has 2 saturated heterocycles. The molecule has 4 nitrogen and oxygen atoms in total. The predicted octanol–water partition coefficient (Wildman–Crippen LogP) is 3.18. The summed E-state index contributed by atoms with van der Waals surface area (Å²) in [4.78, 5) is 0. The van der Waals surface area contributed by atoms with Crippen LogP contribution in [0.25, 0.3) is 0 Å². The first kappa shape index (κ1) is 16.7. The van der Waals surface area contributed by atoms with Crippen LogP contribution in [-0.2, 0) is 18.9 Å². The van der Waals surface area contributed by atoms with Gasteiger partial charge in [0.2, 0.25) is 0 Å². The van der Waals surface area contributed by atoms with Crippen molar-refractivity contribution in [3.05, 3.63) is 0 Å². The van der Waals surface area contributed by atoms with Crippen molar-refractivity contribution in [2.75, 3.05) is 39.6 Å². The summed E-state index contributed by atoms with van der Waals surface area (Å²) in [6.07, 6.45) is 7.70. The molecule has 2 heterocycles. The SMILES string of the molecule is CCC1(COC2CCCC(OCC3(CC)COC3)C2)COC1. The summed E-state index contributed by atoms with van der Waals surface area (Å²) < 4.78 is 23.2. The van der Waals surface area contributed by atoms with Crippen LogP contribution in [-0.4, -0.2) is 51.8 Å². The first-order valence-corrected chi connectivity index (χ1v) is 9.08. The van der Waals surface area contributed by atoms with Crippen molar-refractivity contribution in [3.8, 4) is 0 Å². The molecule has 0 aromatic carbocycles. The Morgan fingerprint density at radius 1 is 0.818 bits per heavy atom. The normalized spacial score (nSPS) is 33.0. The Balaban J connectivity index is 1.39. The Hall–Kier alpha value is -0.160. The molecule has 0 spiro atoms. The van der Waals surface area contributed by atoms with Crippen molar-refractivity contribution in [2.45, 2.75) is 64.6 Å². The largest absolute Gasteiger partial charge is 0.380 e. The van der Waals surface area contributed by atoms with Crippen molar-refractivity contribution in [1.29, 1.82) is 0 Å². The monoisotopic (exact) mass is 312 g/mol. The Morgan fingerprint density at radius 2 is 1.27 bits per heavy atom. The molecule has 2 atom stereocenters. The smallest absolute Gasteiger partial charge is 0.0600 e. The Labute approximate surface area is 134 Å². The fourth-order valence-electron chi connectivity index (χ4n) is 3.55. The van der Waals surface area contributed by atoms with E-state index in [1.54, 1.807) is 0 Å². The molecule has 2 unspecified atom stereocenters. The van der Waals surface area contributed by atoms with Crippen LogP contribution in [0.15, 0.2) is 0 Å². The van der Waals surface area contributed by atoms with Crippen molar-refractivity contribution < 1.29 is 18.9 Å². The standard InChI is InChI=1S/C18H32O4/c1-3-17(9-19-10-17)13-21-15-6-5-7-16(8-15)22-14-18(4-2)11-20-12-18/h15-16H,3-14H2,1-2H3. The van der Waals surface area contributed by atoms with Crippen LogP contribution < -0.4 is 0 Å². The van der Waals surface area contributed by atoms with Crippen molar-refractivity contribution in [1.82, 2.24) is 0 Å². The Bertz CT molecular complexity index is 306. The van der Waals surface area contributed by atoms with Gasteiger partial charge in [-0.3, -0.25) is 0 Å². The van der Waals surface area contributed by atoms with Crippen molar-refractivity contribution >= 4 is 0 Å². The average molecular weight is 312 g/mol. The molecule has 128 valence electrons. The summed E-state index contributed by atoms with van der Waals surface area (Å²) in [5, 5.41) is 0. The van der Waals surface area contributed by atoms with Crippen LogP contribution in [0.5, 0.6) is 0 Å². The summed E-state index contributed by atoms with van der Waals surface area (Å²) in [6.45, 7) is 9.67. The minimum atomic E-state index is 0.295. The summed E-state index contributed by atoms with van der Waals surface area (Å²) in [7, 11) is 0. The zero-order chi connectivity index (χ0) is 15.5. The van der Waals surface area contributed by atoms with Gasteiger partial charge in [0.1, 0.15) is 0 Å². The van der Waals surface area contributed by atoms with Gasteiger partial charge in [-0.1, -0.05) is 13.8 Å². The maximum Gasteiger partial charge on any atom is 0.0600 e. The maximum atomic E-state index is 6.23. The van der Waals surface area contributed by atoms with E-state index in [0.717, 1.165) is 58.9 Å². The zero-order valence-corrected chi connectivity index (χ0v) is 14.3. The van der Waals surface area contributed by atoms with E-state index in [2.05, 4.69) is 13.8 Å². The summed E-state index contributed by atoms with van der Waals surface area (Å²) >= 11 is 0. The van der Waals surface area contributed by atoms with E-state index < -0.39 is 0 Å². The fourth-order valence-corrected chi connectivity index (χ4v) is 3.55. The third-order valence-corrected chi connectivity index (χ3v) is 5.96. The van der Waals surface area contributed by atoms with Gasteiger partial charge < -0.3 is 18.9 Å². The molecule has 0 aromatic heterocycles. The summed E-state index contributed by atoms with van der Waals surface area (Å²) in [5.74, 6) is 0. The number of hydrogen-bond donors (Lipinski definition) is 0. The molecule has 0 N–H and O–H groups in total. The van der Waals surface area contributed by atoms with Crippen molar-refractivity contribution in [2.24, 2.45) is 10.8 Å². The molecular formula is C18H32O4. The molecule has 0 amide bonds. The van der Waals surface area contributed by atoms with E-state index >= 15 is 0 Å². The molecule has 0 aromatic rings. The van der Waals surface area contributed by atoms with Gasteiger partial charge in [0.25, 0.3) is 0 Å². The minimum absolute atomic E-state index is 0.295. The van der Waals surface area contributed by atoms with Gasteiger partial charge in [-0.2, -0.15) is 0 Å². The van der Waals surface area contributed by atoms with Gasteiger partial charge in [-0.15, -0.1) is 0 Å². The molecule has 1 saturated carbocycles. The lowest BCUT2D eigenvalue weighted by molar-refractivity contribution is -0.180. The maximum absolute atomic E-state index is 6.23. The molecule has 0 radical (unpaired) electrons. The molecule has 3 fully saturated rings. The molecule has 3 aliphatic rings. The topological polar surface area (TPSA) is 36.9 Å². The first-order valence-electron chi connectivity index (χ1n) is 9.08. The second-order valence-corrected chi connectivity index (χ2v) is 7.73. The number of ether oxygens (including phenoxy) is 4. The second kappa shape index (κ2) is 7.16. The average Bonchev–Trinajstić information content (AvgIpc) is 2.46. The van der Waals surface area contributed by atoms with Crippen LogP contribution >= 0.6 is 0 Å². The first-order chi connectivity index (χ1) is 10.7. The molecule has 2 aliphatic heterocycles. The van der Waals surface area contributed by atoms with Gasteiger partial charge in [0.05, 0.1) is 51.8 Å². The number of hydrogen-bond acceptors (Lipinski definition) is 4. The molecular weight excluding hydrogens is 280 g/mol. The van der Waals surface area contributed by atoms with Crippen molar-refractivity contribution in [3.63, 3.8) is 0 Å². The van der Waals surface area contributed by atoms with Crippen LogP contribution in [0.4, 0.5) is 0 Å². The van der Waals surface area contributed by atoms with E-state index in [-0.39, 0.29) is 0 Å². The molecule has 4 heteroatoms. The summed E-state index contributed by atoms with van der Waals surface area (Å²) in [5.41, 5.74) is 0.590. The van der Waals surface area contributed by atoms with Crippen LogP contribution in [0, 0.1) is 10.8 Å². The molecule has 0 bridgehead atoms. The van der Waals surface area contributed by atoms with Gasteiger partial charge in [-0.25, -0.2) is 0 Å². The Morgan fingerprint density at radius 3 is 1.59 bits per heavy atom. The highest BCUT2D eigenvalue weighted by Crippen LogP contribution is 2.35. The lowest BCUT2D eigenvalue weighted by Crippen LogP contribution is -2.48. The quantitative estimate of drug-likeness (QED) is 0.690. The second-order valence-electron chi connectivity index (χ2n) is 7.73. The lowest BCUT2D eigenvalue weighted by atomic mass is 9.83. The van der Waals surface area contributed by atoms with E-state index in [4.69, 9.17) is 18.9 Å². The highest BCUT2D eigenvalue weighted by Gasteiger charge is 2.40. The van der Waals surface area contributed by atoms with Gasteiger partial charge in [0, 0.05) is 10.8 Å². The van der Waals surface area contributed by atoms with Gasteiger partial charge >= 0.3 is 0 Å². The van der Waals surface area contributed by atoms with Gasteiger partial charge in [-0.05, 0) is 38.5 Å². The third-order valence-electron chi connectivity index (χ3n) is 5.96. The summed E-state index contributed by atoms with van der Waals surface area (Å²) in [6, 6.07) is 0. The van der Waals surface area contributed by atoms with E-state index in [9.17, 15) is 0 Å². The van der Waals surface area contributed by atoms with Crippen LogP contribution in [0.2, 0.25) is 0 Å². The minimum Gasteiger partial charge on any atom is -0.380 e. The highest BCUT2D eigenvalue weighted by molar-refractivity contribution is 4.86. The van der Waals surface area contributed by atoms with E-state index in [1.807, 2.05) is 0 Å². The van der Waals surface area contributed by atoms with Crippen LogP contribution in [0.1, 0.15) is 52.4 Å². The zero-order valence-electron chi connectivity index (χ0n) is 14.3. The highest BCUT2D eigenvalue weighted by atomic mass is 16.5. The van der Waals surface area contributed by atoms with E-state index in [0.29, 0.717) is 23.0 Å². The van der Waals surface area contributed by atoms with Crippen LogP contribution in [0.3, 0.4) is 0 Å². The van der Waals surface area contributed by atoms with Gasteiger partial charge in [0.15, 0.2) is 0 Å². The Kier molecular flexibility index (Phi) is 5.43. The van der Waals surface area contributed by atoms with E-state index in [1.165, 1.54) is 19.3 Å². The molecule has 1 aliphatic carbocycles. The predicted molar refractivity (Wildman–Crippen MR) is 85.0 cm³/mol.